The summed E-state index contributed by atoms with van der Waals surface area (Å²) in [4.78, 5) is 64.4. The fourth-order valence-corrected chi connectivity index (χ4v) is 8.93. The zero-order valence-corrected chi connectivity index (χ0v) is 35.5. The second-order valence-corrected chi connectivity index (χ2v) is 17.3. The minimum Gasteiger partial charge on any atom is -0.481 e. The lowest BCUT2D eigenvalue weighted by Gasteiger charge is -2.24. The summed E-state index contributed by atoms with van der Waals surface area (Å²) in [5, 5.41) is 18.4. The first kappa shape index (κ1) is 47.2. The molecular weight excluding hydrogens is 811 g/mol. The number of sulfonamides is 1. The maximum Gasteiger partial charge on any atom is 0.415 e. The summed E-state index contributed by atoms with van der Waals surface area (Å²) < 4.78 is 52.4. The van der Waals surface area contributed by atoms with Crippen LogP contribution in [0, 0.1) is 5.92 Å². The van der Waals surface area contributed by atoms with Gasteiger partial charge in [-0.3, -0.25) is 14.4 Å². The van der Waals surface area contributed by atoms with E-state index < -0.39 is 52.3 Å². The zero-order valence-electron chi connectivity index (χ0n) is 34.7. The average molecular weight is 868 g/mol. The van der Waals surface area contributed by atoms with Gasteiger partial charge in [-0.05, 0) is 88.1 Å². The van der Waals surface area contributed by atoms with Gasteiger partial charge in [0.25, 0.3) is 0 Å². The minimum atomic E-state index is -4.20. The zero-order chi connectivity index (χ0) is 43.6. The van der Waals surface area contributed by atoms with Gasteiger partial charge in [-0.15, -0.1) is 5.10 Å². The van der Waals surface area contributed by atoms with Crippen LogP contribution in [0.5, 0.6) is 5.75 Å². The fraction of sp³-hybridized carbons (Fsp3) is 0.558. The molecule has 0 aliphatic carbocycles. The van der Waals surface area contributed by atoms with E-state index in [2.05, 4.69) is 10.3 Å². The smallest absolute Gasteiger partial charge is 0.415 e. The van der Waals surface area contributed by atoms with Gasteiger partial charge in [0.05, 0.1) is 55.5 Å². The van der Waals surface area contributed by atoms with Crippen molar-refractivity contribution in [1.82, 2.24) is 24.2 Å². The van der Waals surface area contributed by atoms with Gasteiger partial charge in [0, 0.05) is 52.1 Å². The van der Waals surface area contributed by atoms with Crippen LogP contribution >= 0.6 is 0 Å². The lowest BCUT2D eigenvalue weighted by molar-refractivity contribution is -0.144. The van der Waals surface area contributed by atoms with Crippen LogP contribution in [0.4, 0.5) is 4.79 Å². The predicted octanol–water partition coefficient (Wildman–Crippen LogP) is 4.94. The Bertz CT molecular complexity index is 2000. The molecule has 1 amide bonds. The highest BCUT2D eigenvalue weighted by molar-refractivity contribution is 7.89. The molecule has 0 spiro atoms. The van der Waals surface area contributed by atoms with E-state index in [1.165, 1.54) is 23.0 Å². The third-order valence-corrected chi connectivity index (χ3v) is 12.5. The highest BCUT2D eigenvalue weighted by atomic mass is 32.2. The molecule has 1 N–H and O–H groups in total. The van der Waals surface area contributed by atoms with Crippen molar-refractivity contribution >= 4 is 39.4 Å². The second kappa shape index (κ2) is 23.9. The first-order chi connectivity index (χ1) is 29.4. The molecule has 2 saturated heterocycles. The Morgan fingerprint density at radius 1 is 0.820 bits per heavy atom. The number of nitrogens with zero attached hydrogens (tertiary/aromatic N) is 5. The summed E-state index contributed by atoms with van der Waals surface area (Å²) in [6.45, 7) is 5.51. The highest BCUT2D eigenvalue weighted by Gasteiger charge is 2.45. The highest BCUT2D eigenvalue weighted by Crippen LogP contribution is 2.34. The number of carboxylic acids is 1. The van der Waals surface area contributed by atoms with Crippen molar-refractivity contribution in [2.75, 3.05) is 59.3 Å². The van der Waals surface area contributed by atoms with Crippen molar-refractivity contribution in [1.29, 1.82) is 0 Å². The molecule has 17 nitrogen and oxygen atoms in total. The number of amides is 1. The number of aromatic nitrogens is 3. The topological polar surface area (TPSA) is 214 Å². The largest absolute Gasteiger partial charge is 0.481 e. The van der Waals surface area contributed by atoms with Crippen LogP contribution in [0.3, 0.4) is 0 Å². The second-order valence-electron chi connectivity index (χ2n) is 15.4. The number of carboxylic acid groups (broad SMARTS) is 1. The van der Waals surface area contributed by atoms with E-state index >= 15 is 0 Å². The van der Waals surface area contributed by atoms with Crippen LogP contribution in [0.25, 0.3) is 0 Å². The molecule has 0 saturated carbocycles. The Balaban J connectivity index is 1.11. The Kier molecular flexibility index (Phi) is 18.5. The predicted molar refractivity (Wildman–Crippen MR) is 221 cm³/mol. The summed E-state index contributed by atoms with van der Waals surface area (Å²) in [7, 11) is -4.20. The van der Waals surface area contributed by atoms with Gasteiger partial charge in [-0.25, -0.2) is 17.9 Å². The monoisotopic (exact) mass is 867 g/mol. The van der Waals surface area contributed by atoms with Crippen molar-refractivity contribution in [3.8, 4) is 5.75 Å². The number of Topliss-reactive ketones (excluding diaryl/α,β-unsaturated/α-hetero) is 3. The molecule has 3 atom stereocenters. The molecule has 3 aromatic rings. The lowest BCUT2D eigenvalue weighted by atomic mass is 9.91. The summed E-state index contributed by atoms with van der Waals surface area (Å²) in [5.74, 6) is -2.67. The van der Waals surface area contributed by atoms with E-state index in [-0.39, 0.29) is 48.0 Å². The molecule has 2 aromatic carbocycles. The molecule has 332 valence electrons. The van der Waals surface area contributed by atoms with Gasteiger partial charge >= 0.3 is 12.1 Å². The number of carbonyl (C=O) groups excluding carboxylic acids is 4. The standard InChI is InChI=1S/C43H57N5O12S/c1-32(49)11-5-9-21-57-23-25-59-26-24-58-22-10-6-14-40(50)38-31-47(45-44-38)35-29-39(48(30-35)61(55,56)37-12-3-2-4-13-37)41(51)28-34(42(52)53)27-33-15-17-36(18-16-33)60-43(54)46-19-7-8-20-46/h2-4,12-13,15-18,31,34-35,39H,5-11,14,19-30H2,1H3,(H,52,53)/t34-,35-,39+/m1/s1. The van der Waals surface area contributed by atoms with Gasteiger partial charge in [0.15, 0.2) is 11.6 Å². The number of aliphatic carboxylic acids is 1. The molecule has 0 bridgehead atoms. The van der Waals surface area contributed by atoms with E-state index in [4.69, 9.17) is 18.9 Å². The van der Waals surface area contributed by atoms with Crippen LogP contribution in [0.2, 0.25) is 0 Å². The molecule has 18 heteroatoms. The van der Waals surface area contributed by atoms with Crippen LogP contribution in [-0.2, 0) is 45.0 Å². The van der Waals surface area contributed by atoms with Crippen molar-refractivity contribution < 1.29 is 56.4 Å². The maximum atomic E-state index is 14.0. The maximum absolute atomic E-state index is 14.0. The van der Waals surface area contributed by atoms with E-state index in [0.717, 1.165) is 30.0 Å². The van der Waals surface area contributed by atoms with Crippen LogP contribution in [-0.4, -0.2) is 132 Å². The summed E-state index contributed by atoms with van der Waals surface area (Å²) in [6.07, 6.45) is 6.04. The first-order valence-corrected chi connectivity index (χ1v) is 22.4. The number of rotatable bonds is 27. The van der Waals surface area contributed by atoms with Crippen LogP contribution in [0.1, 0.15) is 93.2 Å². The van der Waals surface area contributed by atoms with Gasteiger partial charge in [0.2, 0.25) is 10.0 Å². The third-order valence-electron chi connectivity index (χ3n) is 10.7. The number of ketones is 3. The molecule has 0 unspecified atom stereocenters. The summed E-state index contributed by atoms with van der Waals surface area (Å²) in [5.41, 5.74) is 0.717. The normalized spacial score (nSPS) is 17.4. The molecule has 3 heterocycles. The molecule has 0 radical (unpaired) electrons. The number of likely N-dealkylation sites (tertiary alicyclic amines) is 1. The van der Waals surface area contributed by atoms with Crippen molar-refractivity contribution in [2.24, 2.45) is 5.92 Å². The molecule has 2 fully saturated rings. The molecule has 2 aliphatic heterocycles. The quantitative estimate of drug-likeness (QED) is 0.0794. The van der Waals surface area contributed by atoms with Gasteiger partial charge in [0.1, 0.15) is 17.2 Å². The molecule has 1 aromatic heterocycles. The van der Waals surface area contributed by atoms with Crippen molar-refractivity contribution in [3.05, 3.63) is 72.1 Å². The number of hydrogen-bond donors (Lipinski definition) is 1. The molecular formula is C43H57N5O12S. The van der Waals surface area contributed by atoms with Gasteiger partial charge < -0.3 is 33.7 Å². The van der Waals surface area contributed by atoms with E-state index in [1.807, 2.05) is 0 Å². The van der Waals surface area contributed by atoms with E-state index in [9.17, 15) is 37.5 Å². The van der Waals surface area contributed by atoms with E-state index in [1.54, 1.807) is 54.3 Å². The van der Waals surface area contributed by atoms with Crippen LogP contribution in [0.15, 0.2) is 65.7 Å². The lowest BCUT2D eigenvalue weighted by Crippen LogP contribution is -2.41. The molecule has 5 rings (SSSR count). The SMILES string of the molecule is CC(=O)CCCCOCCOCCOCCCCC(=O)c1cn([C@@H]2C[C@@H](C(=O)C[C@@H](Cc3ccc(OC(=O)N4CCCC4)cc3)C(=O)O)N(S(=O)(=O)c3ccccc3)C2)nn1. The minimum absolute atomic E-state index is 0.00159. The summed E-state index contributed by atoms with van der Waals surface area (Å²) in [6, 6.07) is 12.3. The number of unbranched alkanes of at least 4 members (excludes halogenated alkanes) is 2. The Labute approximate surface area is 356 Å². The Morgan fingerprint density at radius 2 is 1.44 bits per heavy atom. The van der Waals surface area contributed by atoms with Crippen molar-refractivity contribution in [3.63, 3.8) is 0 Å². The third kappa shape index (κ3) is 14.6. The fourth-order valence-electron chi connectivity index (χ4n) is 7.25. The summed E-state index contributed by atoms with van der Waals surface area (Å²) >= 11 is 0. The number of hydrogen-bond acceptors (Lipinski definition) is 13. The van der Waals surface area contributed by atoms with Gasteiger partial charge in [-0.1, -0.05) is 35.5 Å². The average Bonchev–Trinajstić information content (AvgIpc) is 4.05. The Hall–Kier alpha value is -4.88. The number of ether oxygens (including phenoxy) is 4. The molecule has 2 aliphatic rings. The van der Waals surface area contributed by atoms with E-state index in [0.29, 0.717) is 83.3 Å². The molecule has 61 heavy (non-hydrogen) atoms. The number of carbonyl (C=O) groups is 5. The number of benzene rings is 2. The Morgan fingerprint density at radius 3 is 2.07 bits per heavy atom. The van der Waals surface area contributed by atoms with Crippen LogP contribution < -0.4 is 4.74 Å². The van der Waals surface area contributed by atoms with Gasteiger partial charge in [-0.2, -0.15) is 4.31 Å². The van der Waals surface area contributed by atoms with Crippen molar-refractivity contribution in [2.45, 2.75) is 94.5 Å². The first-order valence-electron chi connectivity index (χ1n) is 21.0.